The Morgan fingerprint density at radius 2 is 1.78 bits per heavy atom. The zero-order valence-corrected chi connectivity index (χ0v) is 14.7. The van der Waals surface area contributed by atoms with Crippen molar-refractivity contribution in [2.75, 3.05) is 5.32 Å². The normalized spacial score (nSPS) is 10.4. The number of benzene rings is 2. The van der Waals surface area contributed by atoms with Crippen LogP contribution in [0.4, 0.5) is 11.4 Å². The fourth-order valence-corrected chi connectivity index (χ4v) is 2.63. The van der Waals surface area contributed by atoms with Crippen LogP contribution in [0.3, 0.4) is 0 Å². The van der Waals surface area contributed by atoms with Gasteiger partial charge in [0.15, 0.2) is 0 Å². The van der Waals surface area contributed by atoms with Crippen LogP contribution < -0.4 is 10.9 Å². The first-order chi connectivity index (χ1) is 12.9. The number of pyridine rings is 1. The molecule has 7 nitrogen and oxygen atoms in total. The second kappa shape index (κ2) is 7.84. The van der Waals surface area contributed by atoms with Crippen LogP contribution in [-0.2, 0) is 6.54 Å². The van der Waals surface area contributed by atoms with Crippen molar-refractivity contribution in [1.82, 2.24) is 4.57 Å². The van der Waals surface area contributed by atoms with Gasteiger partial charge in [-0.05, 0) is 29.8 Å². The van der Waals surface area contributed by atoms with Gasteiger partial charge in [0.1, 0.15) is 5.69 Å². The van der Waals surface area contributed by atoms with E-state index in [9.17, 15) is 19.7 Å². The maximum absolute atomic E-state index is 12.5. The number of aromatic nitrogens is 1. The van der Waals surface area contributed by atoms with Crippen LogP contribution in [0.25, 0.3) is 0 Å². The number of rotatable bonds is 5. The molecule has 0 unspecified atom stereocenters. The number of amides is 1. The summed E-state index contributed by atoms with van der Waals surface area (Å²) in [6.45, 7) is 0.266. The first-order valence-corrected chi connectivity index (χ1v) is 8.31. The van der Waals surface area contributed by atoms with Crippen molar-refractivity contribution in [3.63, 3.8) is 0 Å². The van der Waals surface area contributed by atoms with Crippen LogP contribution in [0.1, 0.15) is 15.9 Å². The van der Waals surface area contributed by atoms with E-state index < -0.39 is 10.8 Å². The molecule has 1 amide bonds. The Morgan fingerprint density at radius 1 is 1.07 bits per heavy atom. The molecule has 3 aromatic rings. The van der Waals surface area contributed by atoms with E-state index in [2.05, 4.69) is 5.32 Å². The minimum atomic E-state index is -0.572. The largest absolute Gasteiger partial charge is 0.316 e. The van der Waals surface area contributed by atoms with Gasteiger partial charge >= 0.3 is 0 Å². The maximum Gasteiger partial charge on any atom is 0.292 e. The molecule has 0 aliphatic carbocycles. The molecular weight excluding hydrogens is 370 g/mol. The average Bonchev–Trinajstić information content (AvgIpc) is 2.65. The van der Waals surface area contributed by atoms with Crippen LogP contribution in [-0.4, -0.2) is 15.4 Å². The summed E-state index contributed by atoms with van der Waals surface area (Å²) in [7, 11) is 0. The molecule has 0 spiro atoms. The highest BCUT2D eigenvalue weighted by molar-refractivity contribution is 6.30. The number of nitro groups is 1. The van der Waals surface area contributed by atoms with Gasteiger partial charge in [-0.2, -0.15) is 0 Å². The molecule has 136 valence electrons. The number of anilines is 1. The van der Waals surface area contributed by atoms with Crippen LogP contribution in [0.5, 0.6) is 0 Å². The van der Waals surface area contributed by atoms with E-state index in [-0.39, 0.29) is 29.0 Å². The highest BCUT2D eigenvalue weighted by Crippen LogP contribution is 2.23. The Labute approximate surface area is 159 Å². The van der Waals surface area contributed by atoms with E-state index in [0.29, 0.717) is 5.02 Å². The first kappa shape index (κ1) is 18.3. The van der Waals surface area contributed by atoms with E-state index in [1.54, 1.807) is 30.3 Å². The average molecular weight is 384 g/mol. The van der Waals surface area contributed by atoms with Crippen molar-refractivity contribution in [3.8, 4) is 0 Å². The number of nitro benzene ring substituents is 1. The molecule has 0 saturated carbocycles. The minimum Gasteiger partial charge on any atom is -0.316 e. The Kier molecular flexibility index (Phi) is 5.33. The van der Waals surface area contributed by atoms with Crippen LogP contribution in [0.15, 0.2) is 71.7 Å². The summed E-state index contributed by atoms with van der Waals surface area (Å²) < 4.78 is 1.39. The maximum atomic E-state index is 12.5. The van der Waals surface area contributed by atoms with Gasteiger partial charge in [-0.1, -0.05) is 35.9 Å². The predicted molar refractivity (Wildman–Crippen MR) is 102 cm³/mol. The molecule has 0 fully saturated rings. The van der Waals surface area contributed by atoms with Crippen molar-refractivity contribution in [2.24, 2.45) is 0 Å². The van der Waals surface area contributed by atoms with Gasteiger partial charge < -0.3 is 9.88 Å². The molecule has 27 heavy (non-hydrogen) atoms. The lowest BCUT2D eigenvalue weighted by Gasteiger charge is -2.09. The third-order valence-electron chi connectivity index (χ3n) is 3.86. The van der Waals surface area contributed by atoms with Crippen LogP contribution >= 0.6 is 11.6 Å². The van der Waals surface area contributed by atoms with Crippen molar-refractivity contribution in [3.05, 3.63) is 103 Å². The highest BCUT2D eigenvalue weighted by Gasteiger charge is 2.16. The number of carbonyl (C=O) groups is 1. The second-order valence-electron chi connectivity index (χ2n) is 5.74. The predicted octanol–water partition coefficient (Wildman–Crippen LogP) is 3.71. The molecule has 1 aromatic heterocycles. The fourth-order valence-electron chi connectivity index (χ4n) is 2.51. The van der Waals surface area contributed by atoms with Gasteiger partial charge in [-0.15, -0.1) is 0 Å². The van der Waals surface area contributed by atoms with E-state index in [0.717, 1.165) is 5.56 Å². The molecule has 1 heterocycles. The molecule has 0 aliphatic heterocycles. The summed E-state index contributed by atoms with van der Waals surface area (Å²) >= 11 is 5.86. The topological polar surface area (TPSA) is 94.2 Å². The Morgan fingerprint density at radius 3 is 2.48 bits per heavy atom. The zero-order valence-electron chi connectivity index (χ0n) is 14.0. The molecule has 0 radical (unpaired) electrons. The minimum absolute atomic E-state index is 0.0861. The van der Waals surface area contributed by atoms with Gasteiger partial charge in [0.25, 0.3) is 17.2 Å². The van der Waals surface area contributed by atoms with Gasteiger partial charge in [0.05, 0.1) is 17.0 Å². The van der Waals surface area contributed by atoms with Crippen LogP contribution in [0, 0.1) is 10.1 Å². The first-order valence-electron chi connectivity index (χ1n) is 7.94. The lowest BCUT2D eigenvalue weighted by Crippen LogP contribution is -2.22. The molecule has 8 heteroatoms. The summed E-state index contributed by atoms with van der Waals surface area (Å²) in [4.78, 5) is 35.1. The van der Waals surface area contributed by atoms with Crippen molar-refractivity contribution < 1.29 is 9.72 Å². The monoisotopic (exact) mass is 383 g/mol. The summed E-state index contributed by atoms with van der Waals surface area (Å²) in [5.74, 6) is -0.547. The van der Waals surface area contributed by atoms with E-state index in [4.69, 9.17) is 11.6 Å². The third-order valence-corrected chi connectivity index (χ3v) is 4.11. The Bertz CT molecular complexity index is 1060. The number of carbonyl (C=O) groups excluding carboxylic acids is 1. The fraction of sp³-hybridized carbons (Fsp3) is 0.0526. The Balaban J connectivity index is 1.85. The highest BCUT2D eigenvalue weighted by atomic mass is 35.5. The van der Waals surface area contributed by atoms with Gasteiger partial charge in [-0.25, -0.2) is 0 Å². The van der Waals surface area contributed by atoms with Gasteiger partial charge in [0.2, 0.25) is 0 Å². The number of hydrogen-bond donors (Lipinski definition) is 1. The smallest absolute Gasteiger partial charge is 0.292 e. The van der Waals surface area contributed by atoms with Crippen LogP contribution in [0.2, 0.25) is 5.02 Å². The SMILES string of the molecule is O=C(Nc1ccccc1[N+](=O)[O-])c1ccc(=O)n(Cc2ccc(Cl)cc2)c1. The molecule has 1 N–H and O–H groups in total. The number of hydrogen-bond acceptors (Lipinski definition) is 4. The number of nitrogens with zero attached hydrogens (tertiary/aromatic N) is 2. The second-order valence-corrected chi connectivity index (χ2v) is 6.18. The quantitative estimate of drug-likeness (QED) is 0.536. The summed E-state index contributed by atoms with van der Waals surface area (Å²) in [6.07, 6.45) is 1.42. The third kappa shape index (κ3) is 4.39. The summed E-state index contributed by atoms with van der Waals surface area (Å²) in [5, 5.41) is 14.2. The molecule has 0 saturated heterocycles. The lowest BCUT2D eigenvalue weighted by molar-refractivity contribution is -0.383. The summed E-state index contributed by atoms with van der Waals surface area (Å²) in [5.41, 5.74) is 0.662. The van der Waals surface area contributed by atoms with Crippen molar-refractivity contribution in [2.45, 2.75) is 6.54 Å². The van der Waals surface area contributed by atoms with E-state index in [1.165, 1.54) is 41.1 Å². The lowest BCUT2D eigenvalue weighted by atomic mass is 10.2. The number of halogens is 1. The Hall–Kier alpha value is -3.45. The molecular formula is C19H14ClN3O4. The van der Waals surface area contributed by atoms with Crippen molar-refractivity contribution >= 4 is 28.9 Å². The number of para-hydroxylation sites is 2. The zero-order chi connectivity index (χ0) is 19.4. The number of nitrogens with one attached hydrogen (secondary N) is 1. The van der Waals surface area contributed by atoms with Gasteiger partial charge in [0, 0.05) is 23.4 Å². The molecule has 3 rings (SSSR count). The molecule has 2 aromatic carbocycles. The van der Waals surface area contributed by atoms with Gasteiger partial charge in [-0.3, -0.25) is 19.7 Å². The van der Waals surface area contributed by atoms with E-state index in [1.807, 2.05) is 0 Å². The summed E-state index contributed by atoms with van der Waals surface area (Å²) in [6, 6.07) is 15.5. The molecule has 0 bridgehead atoms. The molecule has 0 aliphatic rings. The van der Waals surface area contributed by atoms with E-state index >= 15 is 0 Å². The standard InChI is InChI=1S/C19H14ClN3O4/c20-15-8-5-13(6-9-15)11-22-12-14(7-10-18(22)24)19(25)21-16-3-1-2-4-17(16)23(26)27/h1-10,12H,11H2,(H,21,25). The van der Waals surface area contributed by atoms with Crippen molar-refractivity contribution in [1.29, 1.82) is 0 Å². The molecule has 0 atom stereocenters.